The van der Waals surface area contributed by atoms with E-state index in [1.54, 1.807) is 29.5 Å². The maximum absolute atomic E-state index is 12.7. The zero-order chi connectivity index (χ0) is 14.5. The maximum atomic E-state index is 12.7. The zero-order valence-electron chi connectivity index (χ0n) is 11.3. The highest BCUT2D eigenvalue weighted by Crippen LogP contribution is 2.12. The number of nitrogens with zero attached hydrogens (tertiary/aromatic N) is 2. The Kier molecular flexibility index (Phi) is 4.68. The standard InChI is InChI=1S/C14H15FN2O2S/c1-10-16-13(9-20-10)14(18)17(2)7-8-19-12-5-3-11(15)4-6-12/h3-6,9H,7-8H2,1-2H3. The Morgan fingerprint density at radius 1 is 1.40 bits per heavy atom. The Hall–Kier alpha value is -1.95. The van der Waals surface area contributed by atoms with E-state index in [-0.39, 0.29) is 11.7 Å². The summed E-state index contributed by atoms with van der Waals surface area (Å²) in [7, 11) is 1.70. The van der Waals surface area contributed by atoms with E-state index < -0.39 is 0 Å². The summed E-state index contributed by atoms with van der Waals surface area (Å²) in [6.45, 7) is 2.64. The van der Waals surface area contributed by atoms with E-state index in [2.05, 4.69) is 4.98 Å². The molecule has 0 saturated heterocycles. The fraction of sp³-hybridized carbons (Fsp3) is 0.286. The average molecular weight is 294 g/mol. The summed E-state index contributed by atoms with van der Waals surface area (Å²) < 4.78 is 18.2. The largest absolute Gasteiger partial charge is 0.492 e. The summed E-state index contributed by atoms with van der Waals surface area (Å²) in [5.41, 5.74) is 0.455. The number of rotatable bonds is 5. The van der Waals surface area contributed by atoms with Gasteiger partial charge in [0, 0.05) is 12.4 Å². The van der Waals surface area contributed by atoms with Gasteiger partial charge in [-0.2, -0.15) is 0 Å². The minimum atomic E-state index is -0.302. The third-order valence-electron chi connectivity index (χ3n) is 2.69. The first-order valence-electron chi connectivity index (χ1n) is 6.12. The van der Waals surface area contributed by atoms with E-state index in [0.29, 0.717) is 24.6 Å². The number of ether oxygens (including phenoxy) is 1. The molecule has 1 amide bonds. The number of benzene rings is 1. The fourth-order valence-corrected chi connectivity index (χ4v) is 2.18. The maximum Gasteiger partial charge on any atom is 0.273 e. The summed E-state index contributed by atoms with van der Waals surface area (Å²) in [4.78, 5) is 17.7. The van der Waals surface area contributed by atoms with Crippen molar-refractivity contribution < 1.29 is 13.9 Å². The number of thiazole rings is 1. The van der Waals surface area contributed by atoms with Crippen LogP contribution >= 0.6 is 11.3 Å². The van der Waals surface area contributed by atoms with Gasteiger partial charge in [-0.15, -0.1) is 11.3 Å². The minimum absolute atomic E-state index is 0.128. The van der Waals surface area contributed by atoms with Gasteiger partial charge in [0.25, 0.3) is 5.91 Å². The molecule has 0 aliphatic rings. The van der Waals surface area contributed by atoms with Gasteiger partial charge < -0.3 is 9.64 Å². The Bertz CT molecular complexity index is 583. The predicted octanol–water partition coefficient (Wildman–Crippen LogP) is 2.74. The molecule has 0 fully saturated rings. The second-order valence-corrected chi connectivity index (χ2v) is 5.34. The van der Waals surface area contributed by atoms with Crippen LogP contribution in [0.2, 0.25) is 0 Å². The summed E-state index contributed by atoms with van der Waals surface area (Å²) in [5.74, 6) is 0.150. The van der Waals surface area contributed by atoms with Crippen LogP contribution in [0.4, 0.5) is 4.39 Å². The van der Waals surface area contributed by atoms with E-state index in [4.69, 9.17) is 4.74 Å². The monoisotopic (exact) mass is 294 g/mol. The van der Waals surface area contributed by atoms with Crippen molar-refractivity contribution in [1.82, 2.24) is 9.88 Å². The van der Waals surface area contributed by atoms with E-state index >= 15 is 0 Å². The molecule has 6 heteroatoms. The number of halogens is 1. The van der Waals surface area contributed by atoms with Gasteiger partial charge in [0.2, 0.25) is 0 Å². The van der Waals surface area contributed by atoms with Crippen molar-refractivity contribution in [1.29, 1.82) is 0 Å². The summed E-state index contributed by atoms with van der Waals surface area (Å²) in [6, 6.07) is 5.78. The number of carbonyl (C=O) groups excluding carboxylic acids is 1. The van der Waals surface area contributed by atoms with Crippen molar-refractivity contribution in [3.05, 3.63) is 46.2 Å². The topological polar surface area (TPSA) is 42.4 Å². The van der Waals surface area contributed by atoms with Crippen LogP contribution in [0.3, 0.4) is 0 Å². The Morgan fingerprint density at radius 3 is 2.70 bits per heavy atom. The highest BCUT2D eigenvalue weighted by molar-refractivity contribution is 7.09. The van der Waals surface area contributed by atoms with Crippen molar-refractivity contribution in [2.75, 3.05) is 20.2 Å². The molecule has 0 spiro atoms. The molecule has 0 atom stereocenters. The van der Waals surface area contributed by atoms with Gasteiger partial charge in [-0.3, -0.25) is 4.79 Å². The molecule has 1 aromatic carbocycles. The summed E-state index contributed by atoms with van der Waals surface area (Å²) >= 11 is 1.45. The first-order chi connectivity index (χ1) is 9.56. The van der Waals surface area contributed by atoms with E-state index in [1.807, 2.05) is 6.92 Å². The molecular formula is C14H15FN2O2S. The zero-order valence-corrected chi connectivity index (χ0v) is 12.1. The highest BCUT2D eigenvalue weighted by atomic mass is 32.1. The lowest BCUT2D eigenvalue weighted by molar-refractivity contribution is 0.0768. The Balaban J connectivity index is 1.81. The van der Waals surface area contributed by atoms with Crippen LogP contribution in [-0.2, 0) is 0 Å². The minimum Gasteiger partial charge on any atom is -0.492 e. The van der Waals surface area contributed by atoms with Crippen molar-refractivity contribution in [2.24, 2.45) is 0 Å². The van der Waals surface area contributed by atoms with Gasteiger partial charge in [-0.1, -0.05) is 0 Å². The molecule has 2 aromatic rings. The third-order valence-corrected chi connectivity index (χ3v) is 3.47. The number of aryl methyl sites for hydroxylation is 1. The van der Waals surface area contributed by atoms with Crippen LogP contribution in [0.25, 0.3) is 0 Å². The summed E-state index contributed by atoms with van der Waals surface area (Å²) in [6.07, 6.45) is 0. The van der Waals surface area contributed by atoms with Crippen molar-refractivity contribution >= 4 is 17.2 Å². The first kappa shape index (κ1) is 14.5. The molecule has 0 unspecified atom stereocenters. The number of aromatic nitrogens is 1. The van der Waals surface area contributed by atoms with E-state index in [9.17, 15) is 9.18 Å². The molecule has 1 heterocycles. The predicted molar refractivity (Wildman–Crippen MR) is 75.7 cm³/mol. The van der Waals surface area contributed by atoms with Gasteiger partial charge in [0.1, 0.15) is 23.9 Å². The van der Waals surface area contributed by atoms with E-state index in [0.717, 1.165) is 5.01 Å². The molecular weight excluding hydrogens is 279 g/mol. The lowest BCUT2D eigenvalue weighted by atomic mass is 10.3. The van der Waals surface area contributed by atoms with Gasteiger partial charge in [0.05, 0.1) is 11.6 Å². The lowest BCUT2D eigenvalue weighted by Gasteiger charge is -2.16. The van der Waals surface area contributed by atoms with Crippen LogP contribution in [0, 0.1) is 12.7 Å². The van der Waals surface area contributed by atoms with Crippen LogP contribution in [-0.4, -0.2) is 36.0 Å². The number of amides is 1. The lowest BCUT2D eigenvalue weighted by Crippen LogP contribution is -2.31. The van der Waals surface area contributed by atoms with Crippen LogP contribution in [0.1, 0.15) is 15.5 Å². The first-order valence-corrected chi connectivity index (χ1v) is 7.00. The van der Waals surface area contributed by atoms with Crippen molar-refractivity contribution in [3.63, 3.8) is 0 Å². The molecule has 0 N–H and O–H groups in total. The molecule has 0 saturated carbocycles. The number of hydrogen-bond acceptors (Lipinski definition) is 4. The fourth-order valence-electron chi connectivity index (χ4n) is 1.59. The van der Waals surface area contributed by atoms with E-state index in [1.165, 1.54) is 23.5 Å². The molecule has 0 aliphatic heterocycles. The molecule has 0 radical (unpaired) electrons. The van der Waals surface area contributed by atoms with Crippen molar-refractivity contribution in [3.8, 4) is 5.75 Å². The van der Waals surface area contributed by atoms with Gasteiger partial charge in [-0.05, 0) is 31.2 Å². The number of carbonyl (C=O) groups is 1. The third kappa shape index (κ3) is 3.77. The highest BCUT2D eigenvalue weighted by Gasteiger charge is 2.14. The van der Waals surface area contributed by atoms with Crippen molar-refractivity contribution in [2.45, 2.75) is 6.92 Å². The van der Waals surface area contributed by atoms with Gasteiger partial charge in [0.15, 0.2) is 0 Å². The molecule has 4 nitrogen and oxygen atoms in total. The van der Waals surface area contributed by atoms with Gasteiger partial charge >= 0.3 is 0 Å². The number of hydrogen-bond donors (Lipinski definition) is 0. The second-order valence-electron chi connectivity index (χ2n) is 4.28. The van der Waals surface area contributed by atoms with Crippen LogP contribution in [0.15, 0.2) is 29.6 Å². The quantitative estimate of drug-likeness (QED) is 0.851. The Morgan fingerprint density at radius 2 is 2.10 bits per heavy atom. The molecule has 106 valence electrons. The molecule has 20 heavy (non-hydrogen) atoms. The molecule has 0 bridgehead atoms. The summed E-state index contributed by atoms with van der Waals surface area (Å²) in [5, 5.41) is 2.61. The SMILES string of the molecule is Cc1nc(C(=O)N(C)CCOc2ccc(F)cc2)cs1. The molecule has 2 rings (SSSR count). The Labute approximate surface area is 120 Å². The van der Waals surface area contributed by atoms with Gasteiger partial charge in [-0.25, -0.2) is 9.37 Å². The molecule has 1 aromatic heterocycles. The second kappa shape index (κ2) is 6.47. The number of likely N-dealkylation sites (N-methyl/N-ethyl adjacent to an activating group) is 1. The normalized spacial score (nSPS) is 10.3. The van der Waals surface area contributed by atoms with Crippen LogP contribution < -0.4 is 4.74 Å². The van der Waals surface area contributed by atoms with Crippen LogP contribution in [0.5, 0.6) is 5.75 Å². The molecule has 0 aliphatic carbocycles. The smallest absolute Gasteiger partial charge is 0.273 e. The average Bonchev–Trinajstić information content (AvgIpc) is 2.86.